The second-order valence-electron chi connectivity index (χ2n) is 5.53. The topological polar surface area (TPSA) is 93.3 Å². The van der Waals surface area contributed by atoms with E-state index < -0.39 is 0 Å². The third kappa shape index (κ3) is 3.61. The zero-order valence-electron chi connectivity index (χ0n) is 12.5. The van der Waals surface area contributed by atoms with Crippen molar-refractivity contribution in [3.63, 3.8) is 0 Å². The van der Waals surface area contributed by atoms with Crippen molar-refractivity contribution in [3.8, 4) is 11.5 Å². The molecule has 1 fully saturated rings. The van der Waals surface area contributed by atoms with E-state index in [1.165, 1.54) is 0 Å². The van der Waals surface area contributed by atoms with Gasteiger partial charge in [0.15, 0.2) is 5.82 Å². The highest BCUT2D eigenvalue weighted by molar-refractivity contribution is 5.54. The summed E-state index contributed by atoms with van der Waals surface area (Å²) in [5, 5.41) is 16.7. The molecular formula is C15H20N4O3. The number of nitrogens with one attached hydrogen (secondary N) is 1. The van der Waals surface area contributed by atoms with Crippen LogP contribution in [0.1, 0.15) is 31.5 Å². The SMILES string of the molecule is COCc1noc(-c2ccc(NC3CCC(O)CC3)nc2)n1. The van der Waals surface area contributed by atoms with Gasteiger partial charge in [0.2, 0.25) is 0 Å². The van der Waals surface area contributed by atoms with Crippen molar-refractivity contribution in [1.82, 2.24) is 15.1 Å². The summed E-state index contributed by atoms with van der Waals surface area (Å²) >= 11 is 0. The number of anilines is 1. The zero-order valence-corrected chi connectivity index (χ0v) is 12.5. The van der Waals surface area contributed by atoms with Crippen LogP contribution in [0.15, 0.2) is 22.9 Å². The first kappa shape index (κ1) is 14.9. The van der Waals surface area contributed by atoms with Crippen LogP contribution in [0, 0.1) is 0 Å². The molecule has 0 aromatic carbocycles. The summed E-state index contributed by atoms with van der Waals surface area (Å²) in [6.07, 6.45) is 5.19. The number of aromatic nitrogens is 3. The van der Waals surface area contributed by atoms with Gasteiger partial charge in [-0.15, -0.1) is 0 Å². The highest BCUT2D eigenvalue weighted by Crippen LogP contribution is 2.23. The Balaban J connectivity index is 1.62. The number of nitrogens with zero attached hydrogens (tertiary/aromatic N) is 3. The van der Waals surface area contributed by atoms with Crippen molar-refractivity contribution in [1.29, 1.82) is 0 Å². The molecule has 0 radical (unpaired) electrons. The molecule has 0 spiro atoms. The van der Waals surface area contributed by atoms with Crippen LogP contribution in [0.4, 0.5) is 5.82 Å². The van der Waals surface area contributed by atoms with Gasteiger partial charge in [-0.25, -0.2) is 4.98 Å². The Bertz CT molecular complexity index is 591. The molecule has 1 aliphatic carbocycles. The van der Waals surface area contributed by atoms with Crippen LogP contribution < -0.4 is 5.32 Å². The summed E-state index contributed by atoms with van der Waals surface area (Å²) in [6, 6.07) is 4.18. The Labute approximate surface area is 128 Å². The zero-order chi connectivity index (χ0) is 15.4. The minimum atomic E-state index is -0.146. The Morgan fingerprint density at radius 2 is 2.14 bits per heavy atom. The number of methoxy groups -OCH3 is 1. The maximum Gasteiger partial charge on any atom is 0.259 e. The first-order valence-electron chi connectivity index (χ1n) is 7.47. The van der Waals surface area contributed by atoms with Crippen molar-refractivity contribution >= 4 is 5.82 Å². The fourth-order valence-electron chi connectivity index (χ4n) is 2.59. The molecule has 0 unspecified atom stereocenters. The van der Waals surface area contributed by atoms with E-state index >= 15 is 0 Å². The molecule has 1 saturated carbocycles. The molecule has 2 N–H and O–H groups in total. The largest absolute Gasteiger partial charge is 0.393 e. The van der Waals surface area contributed by atoms with E-state index in [4.69, 9.17) is 9.26 Å². The molecule has 0 saturated heterocycles. The van der Waals surface area contributed by atoms with E-state index in [9.17, 15) is 5.11 Å². The fraction of sp³-hybridized carbons (Fsp3) is 0.533. The lowest BCUT2D eigenvalue weighted by atomic mass is 9.93. The van der Waals surface area contributed by atoms with E-state index in [0.717, 1.165) is 37.1 Å². The van der Waals surface area contributed by atoms with Crippen LogP contribution in [-0.2, 0) is 11.3 Å². The van der Waals surface area contributed by atoms with Crippen molar-refractivity contribution in [2.24, 2.45) is 0 Å². The quantitative estimate of drug-likeness (QED) is 0.872. The standard InChI is InChI=1S/C15H20N4O3/c1-21-9-14-18-15(22-19-14)10-2-7-13(16-8-10)17-11-3-5-12(20)6-4-11/h2,7-8,11-12,20H,3-6,9H2,1H3,(H,16,17). The Morgan fingerprint density at radius 3 is 2.82 bits per heavy atom. The number of ether oxygens (including phenoxy) is 1. The molecule has 0 atom stereocenters. The molecule has 0 aliphatic heterocycles. The summed E-state index contributed by atoms with van der Waals surface area (Å²) in [7, 11) is 1.59. The molecule has 22 heavy (non-hydrogen) atoms. The number of aliphatic hydroxyl groups is 1. The lowest BCUT2D eigenvalue weighted by Crippen LogP contribution is -2.28. The third-order valence-electron chi connectivity index (χ3n) is 3.80. The average Bonchev–Trinajstić information content (AvgIpc) is 2.99. The second-order valence-corrected chi connectivity index (χ2v) is 5.53. The monoisotopic (exact) mass is 304 g/mol. The van der Waals surface area contributed by atoms with Crippen LogP contribution in [0.2, 0.25) is 0 Å². The lowest BCUT2D eigenvalue weighted by molar-refractivity contribution is 0.126. The summed E-state index contributed by atoms with van der Waals surface area (Å²) in [4.78, 5) is 8.62. The predicted molar refractivity (Wildman–Crippen MR) is 80.1 cm³/mol. The van der Waals surface area contributed by atoms with Crippen LogP contribution in [0.5, 0.6) is 0 Å². The van der Waals surface area contributed by atoms with Gasteiger partial charge >= 0.3 is 0 Å². The molecule has 2 aromatic heterocycles. The Kier molecular flexibility index (Phi) is 4.65. The summed E-state index contributed by atoms with van der Waals surface area (Å²) in [6.45, 7) is 0.324. The van der Waals surface area contributed by atoms with Gasteiger partial charge in [-0.05, 0) is 37.8 Å². The maximum atomic E-state index is 9.52. The molecule has 2 heterocycles. The molecule has 2 aromatic rings. The lowest BCUT2D eigenvalue weighted by Gasteiger charge is -2.26. The van der Waals surface area contributed by atoms with Gasteiger partial charge in [-0.3, -0.25) is 0 Å². The van der Waals surface area contributed by atoms with E-state index in [0.29, 0.717) is 24.4 Å². The van der Waals surface area contributed by atoms with E-state index in [2.05, 4.69) is 20.4 Å². The predicted octanol–water partition coefficient (Wildman–Crippen LogP) is 1.99. The first-order chi connectivity index (χ1) is 10.7. The van der Waals surface area contributed by atoms with E-state index in [1.54, 1.807) is 13.3 Å². The van der Waals surface area contributed by atoms with Gasteiger partial charge in [-0.2, -0.15) is 4.98 Å². The van der Waals surface area contributed by atoms with Crippen molar-refractivity contribution < 1.29 is 14.4 Å². The fourth-order valence-corrected chi connectivity index (χ4v) is 2.59. The molecule has 0 bridgehead atoms. The normalized spacial score (nSPS) is 21.7. The van der Waals surface area contributed by atoms with Gasteiger partial charge in [0.05, 0.1) is 11.7 Å². The number of rotatable bonds is 5. The molecule has 118 valence electrons. The minimum Gasteiger partial charge on any atom is -0.393 e. The van der Waals surface area contributed by atoms with Gasteiger partial charge in [0.1, 0.15) is 12.4 Å². The molecule has 0 amide bonds. The molecule has 1 aliphatic rings. The van der Waals surface area contributed by atoms with Gasteiger partial charge < -0.3 is 19.7 Å². The van der Waals surface area contributed by atoms with E-state index in [-0.39, 0.29) is 6.10 Å². The molecule has 7 heteroatoms. The van der Waals surface area contributed by atoms with Crippen LogP contribution in [0.3, 0.4) is 0 Å². The minimum absolute atomic E-state index is 0.146. The van der Waals surface area contributed by atoms with Gasteiger partial charge in [-0.1, -0.05) is 5.16 Å². The third-order valence-corrected chi connectivity index (χ3v) is 3.80. The summed E-state index contributed by atoms with van der Waals surface area (Å²) in [5.41, 5.74) is 0.777. The van der Waals surface area contributed by atoms with Crippen molar-refractivity contribution in [2.75, 3.05) is 12.4 Å². The maximum absolute atomic E-state index is 9.52. The molecular weight excluding hydrogens is 284 g/mol. The second kappa shape index (κ2) is 6.85. The van der Waals surface area contributed by atoms with Crippen molar-refractivity contribution in [2.45, 2.75) is 44.4 Å². The summed E-state index contributed by atoms with van der Waals surface area (Å²) in [5.74, 6) is 1.77. The van der Waals surface area contributed by atoms with Crippen LogP contribution >= 0.6 is 0 Å². The number of aliphatic hydroxyl groups excluding tert-OH is 1. The Morgan fingerprint density at radius 1 is 1.32 bits per heavy atom. The average molecular weight is 304 g/mol. The van der Waals surface area contributed by atoms with E-state index in [1.807, 2.05) is 12.1 Å². The Hall–Kier alpha value is -1.99. The first-order valence-corrected chi connectivity index (χ1v) is 7.47. The molecule has 7 nitrogen and oxygen atoms in total. The van der Waals surface area contributed by atoms with Crippen LogP contribution in [-0.4, -0.2) is 39.5 Å². The number of pyridine rings is 1. The van der Waals surface area contributed by atoms with Crippen LogP contribution in [0.25, 0.3) is 11.5 Å². The summed E-state index contributed by atoms with van der Waals surface area (Å²) < 4.78 is 10.1. The number of hydrogen-bond donors (Lipinski definition) is 2. The highest BCUT2D eigenvalue weighted by Gasteiger charge is 2.19. The molecule has 3 rings (SSSR count). The van der Waals surface area contributed by atoms with Gasteiger partial charge in [0.25, 0.3) is 5.89 Å². The highest BCUT2D eigenvalue weighted by atomic mass is 16.5. The number of hydrogen-bond acceptors (Lipinski definition) is 7. The van der Waals surface area contributed by atoms with Crippen molar-refractivity contribution in [3.05, 3.63) is 24.2 Å². The smallest absolute Gasteiger partial charge is 0.259 e. The van der Waals surface area contributed by atoms with Gasteiger partial charge in [0, 0.05) is 19.3 Å².